The largest absolute Gasteiger partial charge is 0.378 e. The summed E-state index contributed by atoms with van der Waals surface area (Å²) in [6.07, 6.45) is 0.921. The lowest BCUT2D eigenvalue weighted by Crippen LogP contribution is -2.41. The van der Waals surface area contributed by atoms with Gasteiger partial charge in [-0.2, -0.15) is 0 Å². The fourth-order valence-corrected chi connectivity index (χ4v) is 4.92. The van der Waals surface area contributed by atoms with E-state index in [1.807, 2.05) is 61.5 Å². The number of nitrogens with zero attached hydrogens (tertiary/aromatic N) is 1. The maximum atomic E-state index is 13.4. The van der Waals surface area contributed by atoms with E-state index in [2.05, 4.69) is 12.2 Å². The second kappa shape index (κ2) is 9.45. The Morgan fingerprint density at radius 2 is 1.71 bits per heavy atom. The molecule has 0 radical (unpaired) electrons. The van der Waals surface area contributed by atoms with E-state index in [1.165, 1.54) is 16.9 Å². The van der Waals surface area contributed by atoms with Crippen LogP contribution in [0.4, 0.5) is 5.00 Å². The molecule has 2 heterocycles. The summed E-state index contributed by atoms with van der Waals surface area (Å²) in [6, 6.07) is 17.6. The zero-order chi connectivity index (χ0) is 21.8. The highest BCUT2D eigenvalue weighted by atomic mass is 32.1. The fourth-order valence-electron chi connectivity index (χ4n) is 3.72. The first-order chi connectivity index (χ1) is 15.1. The third-order valence-corrected chi connectivity index (χ3v) is 6.80. The lowest BCUT2D eigenvalue weighted by Gasteiger charge is -2.27. The topological polar surface area (TPSA) is 58.6 Å². The number of thiophene rings is 1. The minimum Gasteiger partial charge on any atom is -0.378 e. The Balaban J connectivity index is 1.70. The molecule has 5 nitrogen and oxygen atoms in total. The van der Waals surface area contributed by atoms with E-state index in [0.29, 0.717) is 42.4 Å². The van der Waals surface area contributed by atoms with E-state index in [9.17, 15) is 9.59 Å². The molecule has 0 spiro atoms. The van der Waals surface area contributed by atoms with Crippen LogP contribution in [0.2, 0.25) is 0 Å². The molecule has 1 saturated heterocycles. The van der Waals surface area contributed by atoms with Gasteiger partial charge in [0, 0.05) is 23.5 Å². The molecule has 1 N–H and O–H groups in total. The number of anilines is 1. The Hall–Kier alpha value is -2.96. The Bertz CT molecular complexity index is 1070. The van der Waals surface area contributed by atoms with Gasteiger partial charge in [0.05, 0.1) is 18.8 Å². The minimum absolute atomic E-state index is 0.0594. The van der Waals surface area contributed by atoms with Gasteiger partial charge in [0.1, 0.15) is 5.00 Å². The number of carbonyl (C=O) groups excluding carboxylic acids is 2. The monoisotopic (exact) mass is 434 g/mol. The van der Waals surface area contributed by atoms with Crippen molar-refractivity contribution in [2.75, 3.05) is 31.6 Å². The van der Waals surface area contributed by atoms with Gasteiger partial charge in [-0.25, -0.2) is 0 Å². The third kappa shape index (κ3) is 4.55. The molecule has 1 aliphatic rings. The standard InChI is InChI=1S/C25H26N2O3S/c1-3-18-9-11-20(12-10-18)23(28)26-24-21(25(29)27-13-15-30-16-14-27)17(2)22(31-24)19-7-5-4-6-8-19/h4-12H,3,13-16H2,1-2H3,(H,26,28). The summed E-state index contributed by atoms with van der Waals surface area (Å²) in [7, 11) is 0. The lowest BCUT2D eigenvalue weighted by atomic mass is 10.1. The molecule has 1 aromatic heterocycles. The Kier molecular flexibility index (Phi) is 6.49. The molecule has 3 aromatic rings. The molecule has 2 aromatic carbocycles. The van der Waals surface area contributed by atoms with Crippen molar-refractivity contribution in [2.45, 2.75) is 20.3 Å². The molecule has 6 heteroatoms. The van der Waals surface area contributed by atoms with Crippen LogP contribution in [0.3, 0.4) is 0 Å². The van der Waals surface area contributed by atoms with Crippen molar-refractivity contribution < 1.29 is 14.3 Å². The van der Waals surface area contributed by atoms with Gasteiger partial charge in [-0.1, -0.05) is 49.4 Å². The second-order valence-corrected chi connectivity index (χ2v) is 8.56. The average molecular weight is 435 g/mol. The van der Waals surface area contributed by atoms with Crippen LogP contribution in [-0.4, -0.2) is 43.0 Å². The van der Waals surface area contributed by atoms with Crippen LogP contribution in [0.15, 0.2) is 54.6 Å². The van der Waals surface area contributed by atoms with E-state index in [4.69, 9.17) is 4.74 Å². The van der Waals surface area contributed by atoms with Gasteiger partial charge in [-0.3, -0.25) is 9.59 Å². The van der Waals surface area contributed by atoms with Gasteiger partial charge in [-0.15, -0.1) is 11.3 Å². The molecule has 0 bridgehead atoms. The van der Waals surface area contributed by atoms with Gasteiger partial charge in [0.2, 0.25) is 0 Å². The highest BCUT2D eigenvalue weighted by molar-refractivity contribution is 7.20. The van der Waals surface area contributed by atoms with Crippen molar-refractivity contribution in [1.82, 2.24) is 4.90 Å². The van der Waals surface area contributed by atoms with Crippen molar-refractivity contribution in [2.24, 2.45) is 0 Å². The van der Waals surface area contributed by atoms with Crippen LogP contribution in [0.5, 0.6) is 0 Å². The van der Waals surface area contributed by atoms with Crippen molar-refractivity contribution in [1.29, 1.82) is 0 Å². The predicted molar refractivity (Wildman–Crippen MR) is 125 cm³/mol. The minimum atomic E-state index is -0.209. The summed E-state index contributed by atoms with van der Waals surface area (Å²) in [5, 5.41) is 3.61. The van der Waals surface area contributed by atoms with Crippen LogP contribution in [0, 0.1) is 6.92 Å². The highest BCUT2D eigenvalue weighted by Gasteiger charge is 2.28. The second-order valence-electron chi connectivity index (χ2n) is 7.54. The molecule has 0 aliphatic carbocycles. The van der Waals surface area contributed by atoms with Gasteiger partial charge in [0.15, 0.2) is 0 Å². The number of morpholine rings is 1. The molecule has 4 rings (SSSR count). The number of ether oxygens (including phenoxy) is 1. The number of benzene rings is 2. The van der Waals surface area contributed by atoms with Gasteiger partial charge >= 0.3 is 0 Å². The maximum absolute atomic E-state index is 13.4. The number of hydrogen-bond donors (Lipinski definition) is 1. The molecule has 1 aliphatic heterocycles. The van der Waals surface area contributed by atoms with E-state index in [-0.39, 0.29) is 11.8 Å². The van der Waals surface area contributed by atoms with Crippen molar-refractivity contribution in [3.63, 3.8) is 0 Å². The van der Waals surface area contributed by atoms with Gasteiger partial charge < -0.3 is 15.0 Å². The van der Waals surface area contributed by atoms with E-state index in [0.717, 1.165) is 22.4 Å². The summed E-state index contributed by atoms with van der Waals surface area (Å²) < 4.78 is 5.40. The summed E-state index contributed by atoms with van der Waals surface area (Å²) in [6.45, 7) is 6.22. The number of carbonyl (C=O) groups is 2. The fraction of sp³-hybridized carbons (Fsp3) is 0.280. The first-order valence-electron chi connectivity index (χ1n) is 10.5. The number of nitrogens with one attached hydrogen (secondary N) is 1. The first-order valence-corrected chi connectivity index (χ1v) is 11.4. The molecule has 0 saturated carbocycles. The first kappa shape index (κ1) is 21.3. The van der Waals surface area contributed by atoms with E-state index in [1.54, 1.807) is 4.90 Å². The Morgan fingerprint density at radius 3 is 2.35 bits per heavy atom. The highest BCUT2D eigenvalue weighted by Crippen LogP contribution is 2.40. The number of hydrogen-bond acceptors (Lipinski definition) is 4. The molecule has 0 unspecified atom stereocenters. The average Bonchev–Trinajstić information content (AvgIpc) is 3.15. The van der Waals surface area contributed by atoms with Crippen molar-refractivity contribution in [3.05, 3.63) is 76.9 Å². The molecule has 31 heavy (non-hydrogen) atoms. The normalized spacial score (nSPS) is 13.8. The molecule has 1 fully saturated rings. The summed E-state index contributed by atoms with van der Waals surface area (Å²) in [5.74, 6) is -0.268. The van der Waals surface area contributed by atoms with Crippen LogP contribution < -0.4 is 5.32 Å². The van der Waals surface area contributed by atoms with Crippen LogP contribution in [0.1, 0.15) is 38.8 Å². The molecule has 160 valence electrons. The summed E-state index contributed by atoms with van der Waals surface area (Å²) >= 11 is 1.45. The van der Waals surface area contributed by atoms with Crippen LogP contribution in [0.25, 0.3) is 10.4 Å². The number of rotatable bonds is 5. The van der Waals surface area contributed by atoms with Crippen LogP contribution >= 0.6 is 11.3 Å². The molecule has 2 amide bonds. The third-order valence-electron chi connectivity index (χ3n) is 5.55. The van der Waals surface area contributed by atoms with Gasteiger partial charge in [0.25, 0.3) is 11.8 Å². The van der Waals surface area contributed by atoms with Crippen molar-refractivity contribution in [3.8, 4) is 10.4 Å². The Labute approximate surface area is 186 Å². The SMILES string of the molecule is CCc1ccc(C(=O)Nc2sc(-c3ccccc3)c(C)c2C(=O)N2CCOCC2)cc1. The van der Waals surface area contributed by atoms with E-state index < -0.39 is 0 Å². The predicted octanol–water partition coefficient (Wildman–Crippen LogP) is 5.01. The summed E-state index contributed by atoms with van der Waals surface area (Å²) in [5.41, 5.74) is 4.26. The Morgan fingerprint density at radius 1 is 1.03 bits per heavy atom. The maximum Gasteiger partial charge on any atom is 0.257 e. The molecular formula is C25H26N2O3S. The van der Waals surface area contributed by atoms with Crippen molar-refractivity contribution >= 4 is 28.2 Å². The number of aryl methyl sites for hydroxylation is 1. The quantitative estimate of drug-likeness (QED) is 0.614. The lowest BCUT2D eigenvalue weighted by molar-refractivity contribution is 0.0303. The molecule has 0 atom stereocenters. The van der Waals surface area contributed by atoms with Gasteiger partial charge in [-0.05, 0) is 42.2 Å². The molecular weight excluding hydrogens is 408 g/mol. The zero-order valence-electron chi connectivity index (χ0n) is 17.8. The smallest absolute Gasteiger partial charge is 0.257 e. The number of amides is 2. The van der Waals surface area contributed by atoms with Crippen LogP contribution in [-0.2, 0) is 11.2 Å². The summed E-state index contributed by atoms with van der Waals surface area (Å²) in [4.78, 5) is 29.2. The zero-order valence-corrected chi connectivity index (χ0v) is 18.6. The van der Waals surface area contributed by atoms with E-state index >= 15 is 0 Å².